The molecular formula is C11H20N2S. The Bertz CT molecular complexity index is 268. The van der Waals surface area contributed by atoms with Crippen LogP contribution in [0, 0.1) is 12.8 Å². The third kappa shape index (κ3) is 3.40. The van der Waals surface area contributed by atoms with Gasteiger partial charge in [0.1, 0.15) is 0 Å². The number of hydrogen-bond acceptors (Lipinski definition) is 3. The van der Waals surface area contributed by atoms with Crippen molar-refractivity contribution in [1.29, 1.82) is 0 Å². The Kier molecular flexibility index (Phi) is 4.58. The first kappa shape index (κ1) is 11.7. The summed E-state index contributed by atoms with van der Waals surface area (Å²) in [5.74, 6) is 0.537. The van der Waals surface area contributed by atoms with E-state index in [1.165, 1.54) is 10.4 Å². The van der Waals surface area contributed by atoms with E-state index in [9.17, 15) is 0 Å². The van der Waals surface area contributed by atoms with E-state index in [-0.39, 0.29) is 6.04 Å². The summed E-state index contributed by atoms with van der Waals surface area (Å²) in [5, 5.41) is 5.58. The lowest BCUT2D eigenvalue weighted by Crippen LogP contribution is -2.32. The average molecular weight is 212 g/mol. The summed E-state index contributed by atoms with van der Waals surface area (Å²) in [6, 6.07) is 2.43. The highest BCUT2D eigenvalue weighted by atomic mass is 32.1. The molecule has 0 aromatic carbocycles. The number of nitrogens with one attached hydrogen (secondary N) is 1. The molecule has 0 fully saturated rings. The smallest absolute Gasteiger partial charge is 0.0302 e. The molecule has 1 heterocycles. The number of rotatable bonds is 5. The van der Waals surface area contributed by atoms with Crippen LogP contribution in [-0.2, 0) is 6.54 Å². The quantitative estimate of drug-likeness (QED) is 0.784. The van der Waals surface area contributed by atoms with Crippen LogP contribution >= 0.6 is 11.3 Å². The Labute approximate surface area is 90.5 Å². The molecule has 0 aliphatic carbocycles. The molecule has 2 atom stereocenters. The predicted molar refractivity (Wildman–Crippen MR) is 63.6 cm³/mol. The van der Waals surface area contributed by atoms with E-state index in [1.807, 2.05) is 11.3 Å². The second-order valence-electron chi connectivity index (χ2n) is 3.99. The first-order valence-electron chi connectivity index (χ1n) is 5.10. The Hall–Kier alpha value is -0.380. The van der Waals surface area contributed by atoms with Crippen molar-refractivity contribution < 1.29 is 0 Å². The molecule has 14 heavy (non-hydrogen) atoms. The van der Waals surface area contributed by atoms with E-state index in [4.69, 9.17) is 5.73 Å². The number of aryl methyl sites for hydroxylation is 1. The fraction of sp³-hybridized carbons (Fsp3) is 0.636. The third-order valence-electron chi connectivity index (χ3n) is 2.62. The SMILES string of the molecule is Cc1ccsc1CNCC(C)C(C)N. The standard InChI is InChI=1S/C11H20N2S/c1-8-4-5-14-11(8)7-13-6-9(2)10(3)12/h4-5,9-10,13H,6-7,12H2,1-3H3. The van der Waals surface area contributed by atoms with Crippen LogP contribution in [0.15, 0.2) is 11.4 Å². The molecule has 2 unspecified atom stereocenters. The van der Waals surface area contributed by atoms with Crippen LogP contribution in [0.5, 0.6) is 0 Å². The highest BCUT2D eigenvalue weighted by Gasteiger charge is 2.06. The molecule has 0 spiro atoms. The van der Waals surface area contributed by atoms with Gasteiger partial charge in [-0.15, -0.1) is 11.3 Å². The van der Waals surface area contributed by atoms with Gasteiger partial charge in [-0.1, -0.05) is 6.92 Å². The zero-order valence-corrected chi connectivity index (χ0v) is 10.0. The topological polar surface area (TPSA) is 38.0 Å². The van der Waals surface area contributed by atoms with Crippen molar-refractivity contribution >= 4 is 11.3 Å². The minimum atomic E-state index is 0.270. The molecular weight excluding hydrogens is 192 g/mol. The molecule has 0 saturated carbocycles. The van der Waals surface area contributed by atoms with Gasteiger partial charge in [-0.3, -0.25) is 0 Å². The lowest BCUT2D eigenvalue weighted by atomic mass is 10.1. The van der Waals surface area contributed by atoms with Gasteiger partial charge in [-0.2, -0.15) is 0 Å². The van der Waals surface area contributed by atoms with Crippen LogP contribution in [0.3, 0.4) is 0 Å². The highest BCUT2D eigenvalue weighted by molar-refractivity contribution is 7.10. The summed E-state index contributed by atoms with van der Waals surface area (Å²) < 4.78 is 0. The summed E-state index contributed by atoms with van der Waals surface area (Å²) >= 11 is 1.82. The molecule has 2 nitrogen and oxygen atoms in total. The fourth-order valence-electron chi connectivity index (χ4n) is 1.18. The van der Waals surface area contributed by atoms with Crippen LogP contribution in [0.4, 0.5) is 0 Å². The number of nitrogens with two attached hydrogens (primary N) is 1. The van der Waals surface area contributed by atoms with Gasteiger partial charge in [0.15, 0.2) is 0 Å². The zero-order chi connectivity index (χ0) is 10.6. The molecule has 0 aliphatic heterocycles. The van der Waals surface area contributed by atoms with Gasteiger partial charge in [0.2, 0.25) is 0 Å². The maximum atomic E-state index is 5.79. The molecule has 1 rings (SSSR count). The Morgan fingerprint density at radius 1 is 1.50 bits per heavy atom. The number of hydrogen-bond donors (Lipinski definition) is 2. The van der Waals surface area contributed by atoms with E-state index in [0.717, 1.165) is 13.1 Å². The lowest BCUT2D eigenvalue weighted by molar-refractivity contribution is 0.446. The molecule has 0 saturated heterocycles. The fourth-order valence-corrected chi connectivity index (χ4v) is 2.06. The van der Waals surface area contributed by atoms with Crippen LogP contribution in [-0.4, -0.2) is 12.6 Å². The molecule has 0 radical (unpaired) electrons. The molecule has 1 aromatic heterocycles. The van der Waals surface area contributed by atoms with Gasteiger partial charge in [0.25, 0.3) is 0 Å². The highest BCUT2D eigenvalue weighted by Crippen LogP contribution is 2.14. The van der Waals surface area contributed by atoms with E-state index in [1.54, 1.807) is 0 Å². The number of thiophene rings is 1. The Morgan fingerprint density at radius 3 is 2.71 bits per heavy atom. The summed E-state index contributed by atoms with van der Waals surface area (Å²) in [6.45, 7) is 8.36. The van der Waals surface area contributed by atoms with E-state index < -0.39 is 0 Å². The molecule has 80 valence electrons. The van der Waals surface area contributed by atoms with Crippen molar-refractivity contribution in [2.45, 2.75) is 33.4 Å². The average Bonchev–Trinajstić information content (AvgIpc) is 2.51. The first-order chi connectivity index (χ1) is 6.61. The maximum absolute atomic E-state index is 5.79. The first-order valence-corrected chi connectivity index (χ1v) is 5.98. The summed E-state index contributed by atoms with van der Waals surface area (Å²) in [7, 11) is 0. The minimum absolute atomic E-state index is 0.270. The van der Waals surface area contributed by atoms with Crippen molar-refractivity contribution in [1.82, 2.24) is 5.32 Å². The van der Waals surface area contributed by atoms with Crippen LogP contribution < -0.4 is 11.1 Å². The van der Waals surface area contributed by atoms with Crippen molar-refractivity contribution in [3.63, 3.8) is 0 Å². The normalized spacial score (nSPS) is 15.4. The molecule has 0 amide bonds. The van der Waals surface area contributed by atoms with E-state index >= 15 is 0 Å². The largest absolute Gasteiger partial charge is 0.328 e. The van der Waals surface area contributed by atoms with Crippen molar-refractivity contribution in [3.05, 3.63) is 21.9 Å². The summed E-state index contributed by atoms with van der Waals surface area (Å²) in [4.78, 5) is 1.43. The second kappa shape index (κ2) is 5.49. The molecule has 3 N–H and O–H groups in total. The van der Waals surface area contributed by atoms with Gasteiger partial charge in [-0.25, -0.2) is 0 Å². The van der Waals surface area contributed by atoms with Gasteiger partial charge < -0.3 is 11.1 Å². The van der Waals surface area contributed by atoms with Crippen molar-refractivity contribution in [2.24, 2.45) is 11.7 Å². The summed E-state index contributed by atoms with van der Waals surface area (Å²) in [5.41, 5.74) is 7.17. The molecule has 0 bridgehead atoms. The second-order valence-corrected chi connectivity index (χ2v) is 4.99. The minimum Gasteiger partial charge on any atom is -0.328 e. The van der Waals surface area contributed by atoms with Crippen LogP contribution in [0.2, 0.25) is 0 Å². The van der Waals surface area contributed by atoms with E-state index in [0.29, 0.717) is 5.92 Å². The van der Waals surface area contributed by atoms with Gasteiger partial charge in [0, 0.05) is 17.5 Å². The Balaban J connectivity index is 2.25. The Morgan fingerprint density at radius 2 is 2.21 bits per heavy atom. The predicted octanol–water partition coefficient (Wildman–Crippen LogP) is 2.13. The monoisotopic (exact) mass is 212 g/mol. The van der Waals surface area contributed by atoms with Crippen LogP contribution in [0.1, 0.15) is 24.3 Å². The maximum Gasteiger partial charge on any atom is 0.0302 e. The third-order valence-corrected chi connectivity index (χ3v) is 3.64. The molecule has 3 heteroatoms. The summed E-state index contributed by atoms with van der Waals surface area (Å²) in [6.07, 6.45) is 0. The lowest BCUT2D eigenvalue weighted by Gasteiger charge is -2.15. The van der Waals surface area contributed by atoms with E-state index in [2.05, 4.69) is 37.5 Å². The molecule has 0 aliphatic rings. The van der Waals surface area contributed by atoms with Gasteiger partial charge >= 0.3 is 0 Å². The zero-order valence-electron chi connectivity index (χ0n) is 9.21. The van der Waals surface area contributed by atoms with Crippen molar-refractivity contribution in [2.75, 3.05) is 6.54 Å². The van der Waals surface area contributed by atoms with Gasteiger partial charge in [-0.05, 0) is 43.3 Å². The van der Waals surface area contributed by atoms with Crippen LogP contribution in [0.25, 0.3) is 0 Å². The van der Waals surface area contributed by atoms with Crippen molar-refractivity contribution in [3.8, 4) is 0 Å². The molecule has 1 aromatic rings. The van der Waals surface area contributed by atoms with Gasteiger partial charge in [0.05, 0.1) is 0 Å².